The monoisotopic (exact) mass is 319 g/mol. The Bertz CT molecular complexity index is 610. The summed E-state index contributed by atoms with van der Waals surface area (Å²) in [5.41, 5.74) is -3.67. The maximum absolute atomic E-state index is 13.4. The molecule has 0 radical (unpaired) electrons. The molecule has 0 fully saturated rings. The number of thioether (sulfide) groups is 1. The van der Waals surface area contributed by atoms with Crippen LogP contribution in [0.4, 0.5) is 27.6 Å². The quantitative estimate of drug-likeness (QED) is 0.615. The fourth-order valence-electron chi connectivity index (χ4n) is 1.64. The summed E-state index contributed by atoms with van der Waals surface area (Å²) in [6.45, 7) is 0.178. The molecule has 1 N–H and O–H groups in total. The van der Waals surface area contributed by atoms with Gasteiger partial charge in [0.1, 0.15) is 11.6 Å². The first-order valence-corrected chi connectivity index (χ1v) is 6.69. The summed E-state index contributed by atoms with van der Waals surface area (Å²) in [5, 5.41) is 2.69. The Labute approximate surface area is 122 Å². The van der Waals surface area contributed by atoms with E-state index in [9.17, 15) is 22.0 Å². The van der Waals surface area contributed by atoms with Crippen molar-refractivity contribution in [1.82, 2.24) is 0 Å². The van der Waals surface area contributed by atoms with E-state index in [-0.39, 0.29) is 28.9 Å². The molecule has 0 aliphatic rings. The van der Waals surface area contributed by atoms with Crippen LogP contribution >= 0.6 is 11.8 Å². The van der Waals surface area contributed by atoms with Crippen LogP contribution < -0.4 is 5.32 Å². The van der Waals surface area contributed by atoms with Gasteiger partial charge in [-0.2, -0.15) is 13.2 Å². The van der Waals surface area contributed by atoms with E-state index in [0.29, 0.717) is 5.56 Å². The van der Waals surface area contributed by atoms with Gasteiger partial charge in [-0.05, 0) is 47.7 Å². The van der Waals surface area contributed by atoms with Crippen molar-refractivity contribution in [3.05, 3.63) is 59.7 Å². The Morgan fingerprint density at radius 3 is 2.24 bits per heavy atom. The molecule has 0 spiro atoms. The third-order valence-electron chi connectivity index (χ3n) is 2.57. The second-order valence-corrected chi connectivity index (χ2v) is 5.31. The number of anilines is 1. The molecule has 0 unspecified atom stereocenters. The van der Waals surface area contributed by atoms with Gasteiger partial charge >= 0.3 is 5.51 Å². The van der Waals surface area contributed by atoms with Crippen LogP contribution in [-0.4, -0.2) is 5.51 Å². The summed E-state index contributed by atoms with van der Waals surface area (Å²) < 4.78 is 62.8. The minimum absolute atomic E-state index is 0.00347. The van der Waals surface area contributed by atoms with Gasteiger partial charge in [-0.15, -0.1) is 0 Å². The van der Waals surface area contributed by atoms with Crippen molar-refractivity contribution in [3.8, 4) is 0 Å². The Hall–Kier alpha value is -1.76. The van der Waals surface area contributed by atoms with Crippen molar-refractivity contribution in [1.29, 1.82) is 0 Å². The first kappa shape index (κ1) is 15.6. The first-order chi connectivity index (χ1) is 9.83. The molecule has 0 saturated carbocycles. The molecule has 2 aromatic rings. The van der Waals surface area contributed by atoms with Crippen LogP contribution in [0.25, 0.3) is 0 Å². The van der Waals surface area contributed by atoms with Gasteiger partial charge in [0.05, 0.1) is 5.69 Å². The molecule has 0 heterocycles. The van der Waals surface area contributed by atoms with E-state index in [1.807, 2.05) is 0 Å². The third kappa shape index (κ3) is 4.93. The number of hydrogen-bond acceptors (Lipinski definition) is 2. The Morgan fingerprint density at radius 2 is 1.62 bits per heavy atom. The van der Waals surface area contributed by atoms with Crippen molar-refractivity contribution in [2.24, 2.45) is 0 Å². The predicted molar refractivity (Wildman–Crippen MR) is 72.0 cm³/mol. The molecule has 0 aromatic heterocycles. The summed E-state index contributed by atoms with van der Waals surface area (Å²) in [7, 11) is 0. The molecular formula is C14H10F5NS. The van der Waals surface area contributed by atoms with Crippen molar-refractivity contribution >= 4 is 17.4 Å². The second-order valence-electron chi connectivity index (χ2n) is 4.17. The summed E-state index contributed by atoms with van der Waals surface area (Å²) >= 11 is -0.202. The molecule has 0 atom stereocenters. The SMILES string of the molecule is Fc1ccc(F)c(NCc2ccc(SC(F)(F)F)cc2)c1. The highest BCUT2D eigenvalue weighted by Gasteiger charge is 2.28. The molecule has 0 aliphatic heterocycles. The summed E-state index contributed by atoms with van der Waals surface area (Å²) in [6.07, 6.45) is 0. The lowest BCUT2D eigenvalue weighted by molar-refractivity contribution is -0.0328. The van der Waals surface area contributed by atoms with Gasteiger partial charge in [-0.3, -0.25) is 0 Å². The topological polar surface area (TPSA) is 12.0 Å². The average molecular weight is 319 g/mol. The van der Waals surface area contributed by atoms with Gasteiger partial charge in [0.25, 0.3) is 0 Å². The zero-order valence-corrected chi connectivity index (χ0v) is 11.4. The smallest absolute Gasteiger partial charge is 0.379 e. The van der Waals surface area contributed by atoms with Gasteiger partial charge in [-0.25, -0.2) is 8.78 Å². The van der Waals surface area contributed by atoms with Gasteiger partial charge in [0, 0.05) is 11.4 Å². The lowest BCUT2D eigenvalue weighted by Crippen LogP contribution is -2.02. The van der Waals surface area contributed by atoms with Crippen molar-refractivity contribution < 1.29 is 22.0 Å². The maximum Gasteiger partial charge on any atom is 0.446 e. The molecule has 21 heavy (non-hydrogen) atoms. The molecule has 112 valence electrons. The number of rotatable bonds is 4. The van der Waals surface area contributed by atoms with Gasteiger partial charge < -0.3 is 5.32 Å². The third-order valence-corrected chi connectivity index (χ3v) is 3.31. The highest BCUT2D eigenvalue weighted by molar-refractivity contribution is 8.00. The van der Waals surface area contributed by atoms with Crippen molar-refractivity contribution in [2.45, 2.75) is 16.9 Å². The van der Waals surface area contributed by atoms with Crippen LogP contribution in [0.3, 0.4) is 0 Å². The van der Waals surface area contributed by atoms with Gasteiger partial charge in [-0.1, -0.05) is 12.1 Å². The average Bonchev–Trinajstić information content (AvgIpc) is 2.40. The van der Waals surface area contributed by atoms with E-state index in [1.165, 1.54) is 24.3 Å². The van der Waals surface area contributed by atoms with E-state index in [1.54, 1.807) is 0 Å². The van der Waals surface area contributed by atoms with E-state index >= 15 is 0 Å². The molecule has 2 aromatic carbocycles. The number of alkyl halides is 3. The van der Waals surface area contributed by atoms with Crippen LogP contribution in [-0.2, 0) is 6.54 Å². The zero-order chi connectivity index (χ0) is 15.5. The molecule has 0 bridgehead atoms. The van der Waals surface area contributed by atoms with E-state index in [2.05, 4.69) is 5.32 Å². The predicted octanol–water partition coefficient (Wildman–Crippen LogP) is 5.19. The lowest BCUT2D eigenvalue weighted by atomic mass is 10.2. The van der Waals surface area contributed by atoms with Crippen molar-refractivity contribution in [2.75, 3.05) is 5.32 Å². The fourth-order valence-corrected chi connectivity index (χ4v) is 2.18. The van der Waals surface area contributed by atoms with Crippen LogP contribution in [0.1, 0.15) is 5.56 Å². The number of halogens is 5. The molecule has 0 aliphatic carbocycles. The highest BCUT2D eigenvalue weighted by atomic mass is 32.2. The molecule has 2 rings (SSSR count). The minimum atomic E-state index is -4.33. The van der Waals surface area contributed by atoms with E-state index in [4.69, 9.17) is 0 Å². The first-order valence-electron chi connectivity index (χ1n) is 5.87. The maximum atomic E-state index is 13.4. The van der Waals surface area contributed by atoms with Crippen LogP contribution in [0.5, 0.6) is 0 Å². The Kier molecular flexibility index (Phi) is 4.72. The summed E-state index contributed by atoms with van der Waals surface area (Å²) in [5.74, 6) is -1.17. The number of hydrogen-bond donors (Lipinski definition) is 1. The molecule has 1 nitrogen and oxygen atoms in total. The van der Waals surface area contributed by atoms with E-state index < -0.39 is 17.1 Å². The van der Waals surface area contributed by atoms with E-state index in [0.717, 1.165) is 18.2 Å². The number of nitrogens with one attached hydrogen (secondary N) is 1. The standard InChI is InChI=1S/C14H10F5NS/c15-10-3-6-12(16)13(7-10)20-8-9-1-4-11(5-2-9)21-14(17,18)19/h1-7,20H,8H2. The van der Waals surface area contributed by atoms with Crippen LogP contribution in [0.15, 0.2) is 47.4 Å². The number of benzene rings is 2. The summed E-state index contributed by atoms with van der Waals surface area (Å²) in [4.78, 5) is 0.0724. The molecule has 0 saturated heterocycles. The largest absolute Gasteiger partial charge is 0.446 e. The van der Waals surface area contributed by atoms with Gasteiger partial charge in [0.15, 0.2) is 0 Å². The van der Waals surface area contributed by atoms with Crippen LogP contribution in [0, 0.1) is 11.6 Å². The van der Waals surface area contributed by atoms with Crippen molar-refractivity contribution in [3.63, 3.8) is 0 Å². The lowest BCUT2D eigenvalue weighted by Gasteiger charge is -2.09. The normalized spacial score (nSPS) is 11.5. The second kappa shape index (κ2) is 6.34. The minimum Gasteiger partial charge on any atom is -0.379 e. The molecule has 0 amide bonds. The summed E-state index contributed by atoms with van der Waals surface area (Å²) in [6, 6.07) is 8.68. The zero-order valence-electron chi connectivity index (χ0n) is 10.5. The van der Waals surface area contributed by atoms with Crippen LogP contribution in [0.2, 0.25) is 0 Å². The fraction of sp³-hybridized carbons (Fsp3) is 0.143. The Balaban J connectivity index is 1.99. The molecule has 7 heteroatoms. The highest BCUT2D eigenvalue weighted by Crippen LogP contribution is 2.36. The Morgan fingerprint density at radius 1 is 0.952 bits per heavy atom. The van der Waals surface area contributed by atoms with Gasteiger partial charge in [0.2, 0.25) is 0 Å². The molecular weight excluding hydrogens is 309 g/mol.